The molecule has 0 saturated carbocycles. The van der Waals surface area contributed by atoms with Crippen molar-refractivity contribution in [2.45, 2.75) is 31.7 Å². The highest BCUT2D eigenvalue weighted by Gasteiger charge is 2.24. The number of allylic oxidation sites excluding steroid dienone is 1. The number of hydrogen-bond donors (Lipinski definition) is 2. The first-order valence-corrected chi connectivity index (χ1v) is 10.9. The molecule has 3 aromatic rings. The van der Waals surface area contributed by atoms with Gasteiger partial charge in [0.15, 0.2) is 0 Å². The molecule has 33 heavy (non-hydrogen) atoms. The number of aliphatic carboxylic acids is 1. The van der Waals surface area contributed by atoms with Crippen molar-refractivity contribution in [2.75, 3.05) is 0 Å². The molecule has 166 valence electrons. The number of carbonyl (C=O) groups is 3. The average molecular weight is 440 g/mol. The standard InChI is InChI=1S/C27H24N2O4/c30-24(29-25(19-7-2-1-3-8-19)20-10-6-16-28-17-20)15-14-18-9-4-12-22-21(18)11-5-13-23(22)26(31)27(32)33/h1-3,5-8,10-11,13-14,16-17,25H,4,9,12,15H2,(H,29,30)(H,32,33). The van der Waals surface area contributed by atoms with E-state index in [2.05, 4.69) is 10.3 Å². The molecule has 1 aliphatic carbocycles. The van der Waals surface area contributed by atoms with Gasteiger partial charge in [0.1, 0.15) is 0 Å². The van der Waals surface area contributed by atoms with E-state index in [1.807, 2.05) is 54.6 Å². The van der Waals surface area contributed by atoms with Crippen LogP contribution >= 0.6 is 0 Å². The molecule has 1 heterocycles. The second kappa shape index (κ2) is 10.0. The van der Waals surface area contributed by atoms with E-state index < -0.39 is 11.8 Å². The van der Waals surface area contributed by atoms with Crippen LogP contribution in [0.1, 0.15) is 57.9 Å². The maximum atomic E-state index is 12.9. The van der Waals surface area contributed by atoms with Crippen LogP contribution in [0, 0.1) is 0 Å². The SMILES string of the molecule is O=C(CC=C1CCCc2c(C(=O)C(=O)O)cccc21)NC(c1ccccc1)c1cccnc1. The number of amides is 1. The molecule has 6 nitrogen and oxygen atoms in total. The molecule has 0 radical (unpaired) electrons. The predicted molar refractivity (Wildman–Crippen MR) is 125 cm³/mol. The van der Waals surface area contributed by atoms with Crippen LogP contribution in [-0.4, -0.2) is 27.8 Å². The summed E-state index contributed by atoms with van der Waals surface area (Å²) in [6.07, 6.45) is 7.72. The normalized spacial score (nSPS) is 14.8. The van der Waals surface area contributed by atoms with Gasteiger partial charge in [0.2, 0.25) is 5.91 Å². The number of rotatable bonds is 7. The van der Waals surface area contributed by atoms with Crippen molar-refractivity contribution < 1.29 is 19.5 Å². The zero-order valence-electron chi connectivity index (χ0n) is 18.0. The van der Waals surface area contributed by atoms with Gasteiger partial charge in [-0.3, -0.25) is 14.6 Å². The quantitative estimate of drug-likeness (QED) is 0.420. The lowest BCUT2D eigenvalue weighted by Gasteiger charge is -2.22. The second-order valence-electron chi connectivity index (χ2n) is 7.95. The number of fused-ring (bicyclic) bond motifs is 1. The third-order valence-corrected chi connectivity index (χ3v) is 5.82. The van der Waals surface area contributed by atoms with Gasteiger partial charge in [-0.1, -0.05) is 60.7 Å². The fraction of sp³-hybridized carbons (Fsp3) is 0.185. The molecule has 1 unspecified atom stereocenters. The highest BCUT2D eigenvalue weighted by Crippen LogP contribution is 2.33. The summed E-state index contributed by atoms with van der Waals surface area (Å²) in [5.74, 6) is -2.49. The van der Waals surface area contributed by atoms with Gasteiger partial charge in [-0.2, -0.15) is 0 Å². The molecule has 0 spiro atoms. The van der Waals surface area contributed by atoms with E-state index in [-0.39, 0.29) is 23.9 Å². The van der Waals surface area contributed by atoms with Crippen LogP contribution in [0.15, 0.2) is 79.1 Å². The number of Topliss-reactive ketones (excluding diaryl/α,β-unsaturated/α-hetero) is 1. The van der Waals surface area contributed by atoms with Gasteiger partial charge in [0, 0.05) is 24.4 Å². The highest BCUT2D eigenvalue weighted by atomic mass is 16.4. The van der Waals surface area contributed by atoms with Crippen LogP contribution in [0.5, 0.6) is 0 Å². The van der Waals surface area contributed by atoms with Gasteiger partial charge in [0.05, 0.1) is 6.04 Å². The Morgan fingerprint density at radius 1 is 0.970 bits per heavy atom. The Bertz CT molecular complexity index is 1160. The number of carboxylic acid groups (broad SMARTS) is 1. The topological polar surface area (TPSA) is 96.4 Å². The van der Waals surface area contributed by atoms with Gasteiger partial charge in [-0.25, -0.2) is 4.79 Å². The third-order valence-electron chi connectivity index (χ3n) is 5.82. The average Bonchev–Trinajstić information content (AvgIpc) is 2.86. The monoisotopic (exact) mass is 440 g/mol. The van der Waals surface area contributed by atoms with Crippen molar-refractivity contribution in [2.24, 2.45) is 0 Å². The van der Waals surface area contributed by atoms with Crippen molar-refractivity contribution in [3.05, 3.63) is 107 Å². The maximum absolute atomic E-state index is 12.9. The molecule has 0 aliphatic heterocycles. The lowest BCUT2D eigenvalue weighted by atomic mass is 9.83. The number of carboxylic acids is 1. The summed E-state index contributed by atoms with van der Waals surface area (Å²) in [4.78, 5) is 40.4. The minimum absolute atomic E-state index is 0.134. The Morgan fingerprint density at radius 2 is 1.76 bits per heavy atom. The van der Waals surface area contributed by atoms with Crippen LogP contribution < -0.4 is 5.32 Å². The summed E-state index contributed by atoms with van der Waals surface area (Å²) in [5.41, 5.74) is 4.66. The molecule has 2 aromatic carbocycles. The van der Waals surface area contributed by atoms with Crippen LogP contribution in [0.25, 0.3) is 5.57 Å². The maximum Gasteiger partial charge on any atom is 0.377 e. The number of hydrogen-bond acceptors (Lipinski definition) is 4. The van der Waals surface area contributed by atoms with Crippen LogP contribution in [0.2, 0.25) is 0 Å². The largest absolute Gasteiger partial charge is 0.475 e. The summed E-state index contributed by atoms with van der Waals surface area (Å²) in [6.45, 7) is 0. The zero-order valence-corrected chi connectivity index (χ0v) is 18.0. The van der Waals surface area contributed by atoms with Crippen LogP contribution in [-0.2, 0) is 16.0 Å². The van der Waals surface area contributed by atoms with Gasteiger partial charge < -0.3 is 10.4 Å². The van der Waals surface area contributed by atoms with Crippen molar-refractivity contribution in [1.29, 1.82) is 0 Å². The van der Waals surface area contributed by atoms with E-state index in [0.29, 0.717) is 6.42 Å². The Hall–Kier alpha value is -4.06. The smallest absolute Gasteiger partial charge is 0.377 e. The van der Waals surface area contributed by atoms with Crippen molar-refractivity contribution >= 4 is 23.2 Å². The molecule has 0 fully saturated rings. The third kappa shape index (κ3) is 5.06. The molecule has 6 heteroatoms. The van der Waals surface area contributed by atoms with Gasteiger partial charge in [-0.15, -0.1) is 0 Å². The van der Waals surface area contributed by atoms with Crippen molar-refractivity contribution in [3.8, 4) is 0 Å². The summed E-state index contributed by atoms with van der Waals surface area (Å²) in [6, 6.07) is 18.3. The number of nitrogens with zero attached hydrogens (tertiary/aromatic N) is 1. The minimum atomic E-state index is -1.46. The Balaban J connectivity index is 1.55. The number of ketones is 1. The molecule has 4 rings (SSSR count). The molecule has 1 aromatic heterocycles. The number of aromatic nitrogens is 1. The number of nitrogens with one attached hydrogen (secondary N) is 1. The Kier molecular flexibility index (Phi) is 6.74. The van der Waals surface area contributed by atoms with Crippen molar-refractivity contribution in [1.82, 2.24) is 10.3 Å². The minimum Gasteiger partial charge on any atom is -0.475 e. The Morgan fingerprint density at radius 3 is 2.48 bits per heavy atom. The first-order valence-electron chi connectivity index (χ1n) is 10.9. The second-order valence-corrected chi connectivity index (χ2v) is 7.95. The number of benzene rings is 2. The first kappa shape index (κ1) is 22.1. The Labute approximate surface area is 192 Å². The first-order chi connectivity index (χ1) is 16.0. The number of carbonyl (C=O) groups excluding carboxylic acids is 2. The van der Waals surface area contributed by atoms with E-state index in [1.165, 1.54) is 0 Å². The summed E-state index contributed by atoms with van der Waals surface area (Å²) in [5, 5.41) is 12.2. The van der Waals surface area contributed by atoms with Crippen LogP contribution in [0.4, 0.5) is 0 Å². The predicted octanol–water partition coefficient (Wildman–Crippen LogP) is 4.36. The van der Waals surface area contributed by atoms with E-state index in [1.54, 1.807) is 24.5 Å². The molecule has 1 amide bonds. The molecule has 0 bridgehead atoms. The van der Waals surface area contributed by atoms with Gasteiger partial charge in [-0.05, 0) is 53.2 Å². The summed E-state index contributed by atoms with van der Waals surface area (Å²) in [7, 11) is 0. The molecule has 2 N–H and O–H groups in total. The molecular formula is C27H24N2O4. The van der Waals surface area contributed by atoms with Crippen LogP contribution in [0.3, 0.4) is 0 Å². The van der Waals surface area contributed by atoms with E-state index in [9.17, 15) is 14.4 Å². The van der Waals surface area contributed by atoms with Gasteiger partial charge >= 0.3 is 5.97 Å². The van der Waals surface area contributed by atoms with E-state index >= 15 is 0 Å². The summed E-state index contributed by atoms with van der Waals surface area (Å²) >= 11 is 0. The van der Waals surface area contributed by atoms with Gasteiger partial charge in [0.25, 0.3) is 5.78 Å². The highest BCUT2D eigenvalue weighted by molar-refractivity contribution is 6.40. The van der Waals surface area contributed by atoms with E-state index in [4.69, 9.17) is 5.11 Å². The zero-order chi connectivity index (χ0) is 23.2. The lowest BCUT2D eigenvalue weighted by Crippen LogP contribution is -2.28. The molecular weight excluding hydrogens is 416 g/mol. The molecule has 1 aliphatic rings. The summed E-state index contributed by atoms with van der Waals surface area (Å²) < 4.78 is 0. The van der Waals surface area contributed by atoms with Crippen molar-refractivity contribution in [3.63, 3.8) is 0 Å². The molecule has 1 atom stereocenters. The lowest BCUT2D eigenvalue weighted by molar-refractivity contribution is -0.131. The molecule has 0 saturated heterocycles. The number of pyridine rings is 1. The fourth-order valence-electron chi connectivity index (χ4n) is 4.27. The van der Waals surface area contributed by atoms with E-state index in [0.717, 1.165) is 40.7 Å². The fourth-order valence-corrected chi connectivity index (χ4v) is 4.27.